The van der Waals surface area contributed by atoms with Crippen molar-refractivity contribution in [3.05, 3.63) is 23.3 Å². The fourth-order valence-electron chi connectivity index (χ4n) is 5.45. The van der Waals surface area contributed by atoms with Gasteiger partial charge in [-0.1, -0.05) is 6.07 Å². The van der Waals surface area contributed by atoms with E-state index in [9.17, 15) is 8.42 Å². The molecule has 150 valence electrons. The Hall–Kier alpha value is -1.15. The Balaban J connectivity index is 1.66. The zero-order valence-electron chi connectivity index (χ0n) is 16.9. The summed E-state index contributed by atoms with van der Waals surface area (Å²) >= 11 is 0. The fraction of sp³-hybridized carbons (Fsp3) is 0.700. The minimum atomic E-state index is -3.58. The largest absolute Gasteiger partial charge is 0.496 e. The van der Waals surface area contributed by atoms with Gasteiger partial charge < -0.3 is 14.4 Å². The van der Waals surface area contributed by atoms with Crippen LogP contribution in [-0.4, -0.2) is 70.2 Å². The highest BCUT2D eigenvalue weighted by molar-refractivity contribution is 7.89. The molecule has 1 spiro atoms. The zero-order chi connectivity index (χ0) is 19.6. The molecular weight excluding hydrogens is 364 g/mol. The number of ether oxygens (including phenoxy) is 2. The number of benzene rings is 1. The lowest BCUT2D eigenvalue weighted by molar-refractivity contribution is 0.00739. The average Bonchev–Trinajstić information content (AvgIpc) is 3.24. The minimum absolute atomic E-state index is 0.279. The van der Waals surface area contributed by atoms with E-state index in [-0.39, 0.29) is 17.6 Å². The molecule has 7 heteroatoms. The van der Waals surface area contributed by atoms with Crippen LogP contribution < -0.4 is 4.74 Å². The molecule has 1 aromatic carbocycles. The first-order chi connectivity index (χ1) is 12.7. The molecule has 1 aromatic rings. The van der Waals surface area contributed by atoms with E-state index in [1.165, 1.54) is 0 Å². The minimum Gasteiger partial charge on any atom is -0.496 e. The molecule has 3 aliphatic rings. The van der Waals surface area contributed by atoms with Gasteiger partial charge in [0.2, 0.25) is 10.0 Å². The van der Waals surface area contributed by atoms with Gasteiger partial charge in [0, 0.05) is 37.5 Å². The molecule has 0 unspecified atom stereocenters. The standard InChI is InChI=1S/C20H30N2O4S/c1-13-8-14(2)19(9-18(13)25-5)27(23,24)22-11-16-15(10-21(3)4)17-6-7-20(16,12-22)26-17/h8-9,15-17H,6-7,10-12H2,1-5H3/t15-,16+,17+,20+/m1/s1. The summed E-state index contributed by atoms with van der Waals surface area (Å²) in [5.74, 6) is 1.29. The van der Waals surface area contributed by atoms with Gasteiger partial charge in [-0.3, -0.25) is 0 Å². The van der Waals surface area contributed by atoms with Crippen LogP contribution in [0.4, 0.5) is 0 Å². The lowest BCUT2D eigenvalue weighted by atomic mass is 9.73. The van der Waals surface area contributed by atoms with Crippen molar-refractivity contribution in [3.8, 4) is 5.75 Å². The van der Waals surface area contributed by atoms with Gasteiger partial charge >= 0.3 is 0 Å². The van der Waals surface area contributed by atoms with Gasteiger partial charge in [0.25, 0.3) is 0 Å². The topological polar surface area (TPSA) is 59.1 Å². The number of hydrogen-bond donors (Lipinski definition) is 0. The highest BCUT2D eigenvalue weighted by Gasteiger charge is 2.64. The van der Waals surface area contributed by atoms with E-state index in [1.54, 1.807) is 17.5 Å². The maximum Gasteiger partial charge on any atom is 0.243 e. The molecule has 4 rings (SSSR count). The van der Waals surface area contributed by atoms with Gasteiger partial charge in [0.1, 0.15) is 5.75 Å². The maximum atomic E-state index is 13.5. The Bertz CT molecular complexity index is 854. The lowest BCUT2D eigenvalue weighted by Gasteiger charge is -2.31. The highest BCUT2D eigenvalue weighted by atomic mass is 32.2. The Kier molecular flexibility index (Phi) is 4.57. The number of nitrogens with zero attached hydrogens (tertiary/aromatic N) is 2. The summed E-state index contributed by atoms with van der Waals surface area (Å²) in [6.07, 6.45) is 2.29. The molecule has 3 aliphatic heterocycles. The summed E-state index contributed by atoms with van der Waals surface area (Å²) < 4.78 is 40.4. The van der Waals surface area contributed by atoms with Crippen molar-refractivity contribution in [2.75, 3.05) is 40.8 Å². The van der Waals surface area contributed by atoms with E-state index in [2.05, 4.69) is 19.0 Å². The molecule has 0 aromatic heterocycles. The van der Waals surface area contributed by atoms with E-state index in [0.717, 1.165) is 30.5 Å². The Morgan fingerprint density at radius 2 is 2.04 bits per heavy atom. The maximum absolute atomic E-state index is 13.5. The molecular formula is C20H30N2O4S. The molecule has 3 heterocycles. The second-order valence-electron chi connectivity index (χ2n) is 8.68. The molecule has 27 heavy (non-hydrogen) atoms. The van der Waals surface area contributed by atoms with Crippen LogP contribution >= 0.6 is 0 Å². The quantitative estimate of drug-likeness (QED) is 0.765. The van der Waals surface area contributed by atoms with Crippen LogP contribution in [0.2, 0.25) is 0 Å². The second-order valence-corrected chi connectivity index (χ2v) is 10.6. The van der Waals surface area contributed by atoms with Crippen molar-refractivity contribution in [1.29, 1.82) is 0 Å². The van der Waals surface area contributed by atoms with Crippen LogP contribution in [0.5, 0.6) is 5.75 Å². The molecule has 3 fully saturated rings. The van der Waals surface area contributed by atoms with Crippen LogP contribution in [0.15, 0.2) is 17.0 Å². The predicted octanol–water partition coefficient (Wildman–Crippen LogP) is 2.04. The van der Waals surface area contributed by atoms with Crippen molar-refractivity contribution in [1.82, 2.24) is 9.21 Å². The van der Waals surface area contributed by atoms with Crippen molar-refractivity contribution in [2.24, 2.45) is 11.8 Å². The Morgan fingerprint density at radius 3 is 2.70 bits per heavy atom. The molecule has 3 saturated heterocycles. The number of hydrogen-bond acceptors (Lipinski definition) is 5. The first-order valence-corrected chi connectivity index (χ1v) is 11.1. The number of sulfonamides is 1. The second kappa shape index (κ2) is 6.44. The molecule has 0 radical (unpaired) electrons. The molecule has 4 atom stereocenters. The molecule has 0 saturated carbocycles. The average molecular weight is 395 g/mol. The number of fused-ring (bicyclic) bond motifs is 1. The van der Waals surface area contributed by atoms with Crippen LogP contribution in [0.3, 0.4) is 0 Å². The first kappa shape index (κ1) is 19.2. The molecule has 0 N–H and O–H groups in total. The van der Waals surface area contributed by atoms with Gasteiger partial charge in [-0.15, -0.1) is 0 Å². The van der Waals surface area contributed by atoms with Crippen LogP contribution in [-0.2, 0) is 14.8 Å². The lowest BCUT2D eigenvalue weighted by Crippen LogP contribution is -2.40. The van der Waals surface area contributed by atoms with Crippen LogP contribution in [0.1, 0.15) is 24.0 Å². The van der Waals surface area contributed by atoms with Gasteiger partial charge in [0.05, 0.1) is 23.7 Å². The third-order valence-corrected chi connectivity index (χ3v) is 8.59. The van der Waals surface area contributed by atoms with E-state index >= 15 is 0 Å². The SMILES string of the molecule is COc1cc(S(=O)(=O)N2C[C@H]3[C@@H](CN(C)C)[C@@H]4CC[C@@]3(C2)O4)c(C)cc1C. The third kappa shape index (κ3) is 2.90. The highest BCUT2D eigenvalue weighted by Crippen LogP contribution is 2.55. The van der Waals surface area contributed by atoms with Crippen molar-refractivity contribution in [2.45, 2.75) is 43.3 Å². The van der Waals surface area contributed by atoms with Gasteiger partial charge in [-0.25, -0.2) is 8.42 Å². The van der Waals surface area contributed by atoms with Crippen molar-refractivity contribution in [3.63, 3.8) is 0 Å². The monoisotopic (exact) mass is 394 g/mol. The molecule has 0 amide bonds. The summed E-state index contributed by atoms with van der Waals surface area (Å²) in [4.78, 5) is 2.54. The van der Waals surface area contributed by atoms with Crippen LogP contribution in [0.25, 0.3) is 0 Å². The fourth-order valence-corrected chi connectivity index (χ4v) is 7.19. The van der Waals surface area contributed by atoms with Crippen molar-refractivity contribution < 1.29 is 17.9 Å². The summed E-state index contributed by atoms with van der Waals surface area (Å²) in [7, 11) is 2.14. The normalized spacial score (nSPS) is 33.0. The van der Waals surface area contributed by atoms with Crippen molar-refractivity contribution >= 4 is 10.0 Å². The number of aryl methyl sites for hydroxylation is 2. The summed E-state index contributed by atoms with van der Waals surface area (Å²) in [6, 6.07) is 3.55. The zero-order valence-corrected chi connectivity index (χ0v) is 17.7. The predicted molar refractivity (Wildman–Crippen MR) is 104 cm³/mol. The van der Waals surface area contributed by atoms with Gasteiger partial charge in [-0.05, 0) is 51.9 Å². The number of rotatable bonds is 5. The van der Waals surface area contributed by atoms with Gasteiger partial charge in [-0.2, -0.15) is 4.31 Å². The van der Waals surface area contributed by atoms with E-state index in [0.29, 0.717) is 29.7 Å². The van der Waals surface area contributed by atoms with Crippen LogP contribution in [0, 0.1) is 25.7 Å². The number of methoxy groups -OCH3 is 1. The Labute approximate surface area is 162 Å². The van der Waals surface area contributed by atoms with E-state index in [1.807, 2.05) is 19.9 Å². The van der Waals surface area contributed by atoms with E-state index < -0.39 is 10.0 Å². The first-order valence-electron chi connectivity index (χ1n) is 9.66. The third-order valence-electron chi connectivity index (χ3n) is 6.64. The summed E-state index contributed by atoms with van der Waals surface area (Å²) in [6.45, 7) is 5.75. The molecule has 2 bridgehead atoms. The Morgan fingerprint density at radius 1 is 1.30 bits per heavy atom. The molecule has 0 aliphatic carbocycles. The summed E-state index contributed by atoms with van der Waals surface area (Å²) in [5, 5.41) is 0. The molecule has 6 nitrogen and oxygen atoms in total. The van der Waals surface area contributed by atoms with E-state index in [4.69, 9.17) is 9.47 Å². The smallest absolute Gasteiger partial charge is 0.243 e. The van der Waals surface area contributed by atoms with Gasteiger partial charge in [0.15, 0.2) is 0 Å². The summed E-state index contributed by atoms with van der Waals surface area (Å²) in [5.41, 5.74) is 1.41.